The largest absolute Gasteiger partial charge is 0.366 e. The first-order valence-electron chi connectivity index (χ1n) is 12.5. The molecule has 0 bridgehead atoms. The van der Waals surface area contributed by atoms with Crippen molar-refractivity contribution >= 4 is 39.8 Å². The number of urea groups is 1. The lowest BCUT2D eigenvalue weighted by Crippen LogP contribution is -2.33. The molecule has 0 atom stereocenters. The minimum atomic E-state index is -0.348. The maximum absolute atomic E-state index is 13.2. The summed E-state index contributed by atoms with van der Waals surface area (Å²) in [7, 11) is 0. The summed E-state index contributed by atoms with van der Waals surface area (Å²) in [5.74, 6) is -0.0931. The first-order valence-corrected chi connectivity index (χ1v) is 12.5. The Balaban J connectivity index is 1.25. The van der Waals surface area contributed by atoms with Gasteiger partial charge >= 0.3 is 6.03 Å². The van der Waals surface area contributed by atoms with Gasteiger partial charge in [0.25, 0.3) is 5.91 Å². The molecule has 1 aliphatic heterocycles. The molecule has 0 radical (unpaired) electrons. The molecule has 2 aliphatic rings. The zero-order valence-corrected chi connectivity index (χ0v) is 20.0. The van der Waals surface area contributed by atoms with Crippen molar-refractivity contribution in [2.45, 2.75) is 31.8 Å². The smallest absolute Gasteiger partial charge is 0.323 e. The number of amides is 3. The predicted octanol–water partition coefficient (Wildman–Crippen LogP) is 5.94. The lowest BCUT2D eigenvalue weighted by atomic mass is 9.98. The third-order valence-electron chi connectivity index (χ3n) is 6.92. The van der Waals surface area contributed by atoms with Gasteiger partial charge in [-0.3, -0.25) is 4.79 Å². The van der Waals surface area contributed by atoms with Crippen molar-refractivity contribution in [3.05, 3.63) is 102 Å². The number of anilines is 3. The van der Waals surface area contributed by atoms with Crippen LogP contribution in [0.4, 0.5) is 21.9 Å². The molecule has 6 rings (SSSR count). The minimum Gasteiger partial charge on any atom is -0.366 e. The molecule has 6 heteroatoms. The maximum Gasteiger partial charge on any atom is 0.323 e. The van der Waals surface area contributed by atoms with Crippen molar-refractivity contribution in [2.24, 2.45) is 0 Å². The van der Waals surface area contributed by atoms with Crippen LogP contribution < -0.4 is 20.9 Å². The second kappa shape index (κ2) is 9.38. The zero-order valence-electron chi connectivity index (χ0n) is 20.0. The van der Waals surface area contributed by atoms with Crippen LogP contribution in [0.1, 0.15) is 34.3 Å². The number of hydrogen-bond donors (Lipinski definition) is 3. The SMILES string of the molecule is O=C(Nc1ccc(N2CCc3ccccc3C2)c(C(=O)NC2CC2)c1)Nc1cccc2ccccc12. The van der Waals surface area contributed by atoms with Gasteiger partial charge in [0.15, 0.2) is 0 Å². The molecule has 1 saturated carbocycles. The highest BCUT2D eigenvalue weighted by Crippen LogP contribution is 2.31. The highest BCUT2D eigenvalue weighted by Gasteiger charge is 2.27. The number of hydrogen-bond acceptors (Lipinski definition) is 3. The van der Waals surface area contributed by atoms with E-state index in [1.54, 1.807) is 6.07 Å². The first kappa shape index (κ1) is 22.2. The van der Waals surface area contributed by atoms with Crippen molar-refractivity contribution in [1.29, 1.82) is 0 Å². The van der Waals surface area contributed by atoms with E-state index >= 15 is 0 Å². The van der Waals surface area contributed by atoms with E-state index in [1.165, 1.54) is 11.1 Å². The predicted molar refractivity (Wildman–Crippen MR) is 145 cm³/mol. The van der Waals surface area contributed by atoms with Crippen molar-refractivity contribution in [3.63, 3.8) is 0 Å². The average Bonchev–Trinajstić information content (AvgIpc) is 3.72. The van der Waals surface area contributed by atoms with Gasteiger partial charge in [0.1, 0.15) is 0 Å². The molecule has 180 valence electrons. The van der Waals surface area contributed by atoms with Gasteiger partial charge in [-0.2, -0.15) is 0 Å². The number of carbonyl (C=O) groups excluding carboxylic acids is 2. The van der Waals surface area contributed by atoms with Crippen LogP contribution in [0.2, 0.25) is 0 Å². The van der Waals surface area contributed by atoms with E-state index in [0.717, 1.165) is 54.5 Å². The summed E-state index contributed by atoms with van der Waals surface area (Å²) in [5, 5.41) is 11.0. The Bertz CT molecular complexity index is 1460. The number of rotatable bonds is 5. The normalized spacial score (nSPS) is 14.7. The van der Waals surface area contributed by atoms with Gasteiger partial charge in [0.05, 0.1) is 11.3 Å². The number of carbonyl (C=O) groups is 2. The molecule has 0 aromatic heterocycles. The first-order chi connectivity index (χ1) is 17.6. The van der Waals surface area contributed by atoms with Crippen LogP contribution in [0, 0.1) is 0 Å². The summed E-state index contributed by atoms with van der Waals surface area (Å²) in [6.07, 6.45) is 2.97. The summed E-state index contributed by atoms with van der Waals surface area (Å²) in [6, 6.07) is 27.7. The average molecular weight is 477 g/mol. The molecule has 4 aromatic rings. The van der Waals surface area contributed by atoms with Crippen molar-refractivity contribution in [3.8, 4) is 0 Å². The van der Waals surface area contributed by atoms with Crippen LogP contribution in [-0.2, 0) is 13.0 Å². The fourth-order valence-corrected chi connectivity index (χ4v) is 4.88. The molecule has 0 unspecified atom stereocenters. The molecule has 1 aliphatic carbocycles. The standard InChI is InChI=1S/C30H28N4O2/c35-29(31-23-12-13-23)26-18-24(14-15-28(26)34-17-16-20-6-1-2-8-22(20)19-34)32-30(36)33-27-11-5-9-21-7-3-4-10-25(21)27/h1-11,14-15,18,23H,12-13,16-17,19H2,(H,31,35)(H2,32,33,36). The zero-order chi connectivity index (χ0) is 24.5. The van der Waals surface area contributed by atoms with E-state index in [-0.39, 0.29) is 18.0 Å². The Hall–Kier alpha value is -4.32. The summed E-state index contributed by atoms with van der Waals surface area (Å²) in [6.45, 7) is 1.60. The van der Waals surface area contributed by atoms with Gasteiger partial charge < -0.3 is 20.9 Å². The van der Waals surface area contributed by atoms with Crippen LogP contribution in [0.15, 0.2) is 84.9 Å². The monoisotopic (exact) mass is 476 g/mol. The fourth-order valence-electron chi connectivity index (χ4n) is 4.88. The highest BCUT2D eigenvalue weighted by atomic mass is 16.2. The van der Waals surface area contributed by atoms with E-state index < -0.39 is 0 Å². The van der Waals surface area contributed by atoms with Crippen LogP contribution in [-0.4, -0.2) is 24.5 Å². The quantitative estimate of drug-likeness (QED) is 0.334. The van der Waals surface area contributed by atoms with Crippen molar-refractivity contribution in [1.82, 2.24) is 5.32 Å². The lowest BCUT2D eigenvalue weighted by Gasteiger charge is -2.32. The topological polar surface area (TPSA) is 73.5 Å². The lowest BCUT2D eigenvalue weighted by molar-refractivity contribution is 0.0951. The van der Waals surface area contributed by atoms with Crippen molar-refractivity contribution in [2.75, 3.05) is 22.1 Å². The third kappa shape index (κ3) is 4.62. The number of fused-ring (bicyclic) bond motifs is 2. The molecule has 4 aromatic carbocycles. The van der Waals surface area contributed by atoms with E-state index in [9.17, 15) is 9.59 Å². The second-order valence-electron chi connectivity index (χ2n) is 9.53. The van der Waals surface area contributed by atoms with Crippen LogP contribution in [0.5, 0.6) is 0 Å². The van der Waals surface area contributed by atoms with E-state index in [2.05, 4.69) is 45.1 Å². The molecule has 6 nitrogen and oxygen atoms in total. The van der Waals surface area contributed by atoms with Gasteiger partial charge in [-0.05, 0) is 60.0 Å². The minimum absolute atomic E-state index is 0.0931. The number of nitrogens with one attached hydrogen (secondary N) is 3. The van der Waals surface area contributed by atoms with Gasteiger partial charge in [0.2, 0.25) is 0 Å². The molecule has 36 heavy (non-hydrogen) atoms. The molecule has 0 saturated heterocycles. The van der Waals surface area contributed by atoms with E-state index in [4.69, 9.17) is 0 Å². The Kier molecular flexibility index (Phi) is 5.77. The molecular formula is C30H28N4O2. The summed E-state index contributed by atoms with van der Waals surface area (Å²) >= 11 is 0. The molecule has 0 spiro atoms. The molecule has 3 amide bonds. The van der Waals surface area contributed by atoms with Crippen molar-refractivity contribution < 1.29 is 9.59 Å². The fraction of sp³-hybridized carbons (Fsp3) is 0.200. The van der Waals surface area contributed by atoms with E-state index in [0.29, 0.717) is 11.3 Å². The Morgan fingerprint density at radius 2 is 1.58 bits per heavy atom. The van der Waals surface area contributed by atoms with E-state index in [1.807, 2.05) is 54.6 Å². The highest BCUT2D eigenvalue weighted by molar-refractivity contribution is 6.07. The van der Waals surface area contributed by atoms with Crippen LogP contribution >= 0.6 is 0 Å². The Labute approximate surface area is 210 Å². The number of benzene rings is 4. The van der Waals surface area contributed by atoms with Gasteiger partial charge in [0, 0.05) is 35.9 Å². The molecular weight excluding hydrogens is 448 g/mol. The van der Waals surface area contributed by atoms with Crippen LogP contribution in [0.3, 0.4) is 0 Å². The van der Waals surface area contributed by atoms with Gasteiger partial charge in [-0.25, -0.2) is 4.79 Å². The molecule has 3 N–H and O–H groups in total. The summed E-state index contributed by atoms with van der Waals surface area (Å²) in [5.41, 5.74) is 5.44. The Morgan fingerprint density at radius 3 is 2.44 bits per heavy atom. The summed E-state index contributed by atoms with van der Waals surface area (Å²) in [4.78, 5) is 28.4. The summed E-state index contributed by atoms with van der Waals surface area (Å²) < 4.78 is 0. The maximum atomic E-state index is 13.2. The number of nitrogens with zero attached hydrogens (tertiary/aromatic N) is 1. The van der Waals surface area contributed by atoms with Gasteiger partial charge in [-0.1, -0.05) is 60.7 Å². The molecule has 1 heterocycles. The Morgan fingerprint density at radius 1 is 0.806 bits per heavy atom. The molecule has 1 fully saturated rings. The van der Waals surface area contributed by atoms with Crippen LogP contribution in [0.25, 0.3) is 10.8 Å². The third-order valence-corrected chi connectivity index (χ3v) is 6.92. The van der Waals surface area contributed by atoms with Gasteiger partial charge in [-0.15, -0.1) is 0 Å². The second-order valence-corrected chi connectivity index (χ2v) is 9.53.